The van der Waals surface area contributed by atoms with Crippen molar-refractivity contribution in [2.45, 2.75) is 24.7 Å². The molecule has 4 aliphatic rings. The van der Waals surface area contributed by atoms with E-state index in [0.717, 1.165) is 16.9 Å². The van der Waals surface area contributed by atoms with Crippen LogP contribution in [-0.2, 0) is 0 Å². The molecule has 20 heavy (non-hydrogen) atoms. The van der Waals surface area contributed by atoms with Crippen LogP contribution in [0, 0.1) is 11.8 Å². The van der Waals surface area contributed by atoms with Crippen LogP contribution in [0.4, 0.5) is 5.69 Å². The van der Waals surface area contributed by atoms with Crippen molar-refractivity contribution in [2.24, 2.45) is 11.8 Å². The highest BCUT2D eigenvalue weighted by molar-refractivity contribution is 6.30. The van der Waals surface area contributed by atoms with E-state index >= 15 is 0 Å². The summed E-state index contributed by atoms with van der Waals surface area (Å²) in [4.78, 5) is 2.66. The van der Waals surface area contributed by atoms with E-state index in [1.807, 2.05) is 0 Å². The van der Waals surface area contributed by atoms with E-state index in [0.29, 0.717) is 11.8 Å². The van der Waals surface area contributed by atoms with Crippen LogP contribution >= 0.6 is 11.6 Å². The van der Waals surface area contributed by atoms with Crippen LogP contribution in [0.1, 0.15) is 35.8 Å². The lowest BCUT2D eigenvalue weighted by atomic mass is 9.75. The van der Waals surface area contributed by atoms with E-state index in [4.69, 9.17) is 11.6 Å². The van der Waals surface area contributed by atoms with Gasteiger partial charge in [0.2, 0.25) is 0 Å². The third-order valence-corrected chi connectivity index (χ3v) is 5.88. The highest BCUT2D eigenvalue weighted by Crippen LogP contribution is 2.53. The molecule has 0 aromatic heterocycles. The summed E-state index contributed by atoms with van der Waals surface area (Å²) in [6, 6.07) is 4.44. The first-order valence-electron chi connectivity index (χ1n) is 7.73. The maximum atomic E-state index is 6.45. The van der Waals surface area contributed by atoms with Gasteiger partial charge in [-0.1, -0.05) is 35.9 Å². The number of allylic oxidation sites excluding steroid dienone is 4. The first kappa shape index (κ1) is 11.4. The molecule has 0 amide bonds. The van der Waals surface area contributed by atoms with Crippen LogP contribution in [0.5, 0.6) is 0 Å². The predicted octanol–water partition coefficient (Wildman–Crippen LogP) is 4.49. The van der Waals surface area contributed by atoms with Crippen molar-refractivity contribution >= 4 is 17.3 Å². The smallest absolute Gasteiger partial charge is 0.0444 e. The van der Waals surface area contributed by atoms with Crippen LogP contribution in [0.15, 0.2) is 36.4 Å². The average molecular weight is 284 g/mol. The second-order valence-corrected chi connectivity index (χ2v) is 7.17. The summed E-state index contributed by atoms with van der Waals surface area (Å²) in [6.45, 7) is 2.45. The van der Waals surface area contributed by atoms with Gasteiger partial charge in [-0.2, -0.15) is 0 Å². The normalized spacial score (nSPS) is 36.0. The molecule has 1 aromatic carbocycles. The van der Waals surface area contributed by atoms with Crippen LogP contribution in [0.2, 0.25) is 5.02 Å². The molecular formula is C18H18ClN. The molecule has 0 spiro atoms. The Morgan fingerprint density at radius 1 is 0.900 bits per heavy atom. The fraction of sp³-hybridized carbons (Fsp3) is 0.444. The Morgan fingerprint density at radius 3 is 2.00 bits per heavy atom. The Kier molecular flexibility index (Phi) is 2.24. The zero-order valence-electron chi connectivity index (χ0n) is 11.4. The van der Waals surface area contributed by atoms with Crippen LogP contribution in [0.25, 0.3) is 0 Å². The van der Waals surface area contributed by atoms with E-state index < -0.39 is 0 Å². The van der Waals surface area contributed by atoms with Gasteiger partial charge in [0, 0.05) is 35.6 Å². The Hall–Kier alpha value is -1.21. The summed E-state index contributed by atoms with van der Waals surface area (Å²) < 4.78 is 0. The second-order valence-electron chi connectivity index (χ2n) is 6.74. The number of hydrogen-bond donors (Lipinski definition) is 0. The van der Waals surface area contributed by atoms with Gasteiger partial charge in [-0.05, 0) is 47.9 Å². The molecule has 4 atom stereocenters. The van der Waals surface area contributed by atoms with E-state index in [9.17, 15) is 0 Å². The summed E-state index contributed by atoms with van der Waals surface area (Å²) in [5.74, 6) is 2.72. The molecule has 2 heteroatoms. The van der Waals surface area contributed by atoms with Crippen molar-refractivity contribution in [2.75, 3.05) is 18.0 Å². The maximum Gasteiger partial charge on any atom is 0.0444 e. The molecule has 0 bridgehead atoms. The second kappa shape index (κ2) is 3.92. The Bertz CT molecular complexity index is 594. The number of benzene rings is 1. The predicted molar refractivity (Wildman–Crippen MR) is 83.6 cm³/mol. The quantitative estimate of drug-likeness (QED) is 0.634. The lowest BCUT2D eigenvalue weighted by molar-refractivity contribution is 0.410. The van der Waals surface area contributed by atoms with Crippen molar-refractivity contribution in [1.29, 1.82) is 0 Å². The first-order valence-corrected chi connectivity index (χ1v) is 8.10. The standard InChI is InChI=1S/C18H18ClN/c19-13-7-16-14-5-1-3-11(14)9-20-10-12-4-2-6-15(12)17(8-13)18(16)20/h1-2,5-8,11-12,14-15H,3-4,9-10H2. The molecule has 2 aliphatic carbocycles. The van der Waals surface area contributed by atoms with Gasteiger partial charge in [0.05, 0.1) is 0 Å². The van der Waals surface area contributed by atoms with Crippen LogP contribution in [0.3, 0.4) is 0 Å². The zero-order chi connectivity index (χ0) is 13.3. The Morgan fingerprint density at radius 2 is 1.45 bits per heavy atom. The largest absolute Gasteiger partial charge is 0.370 e. The van der Waals surface area contributed by atoms with Gasteiger partial charge < -0.3 is 4.90 Å². The summed E-state index contributed by atoms with van der Waals surface area (Å²) in [6.07, 6.45) is 12.0. The van der Waals surface area contributed by atoms with Crippen molar-refractivity contribution in [3.05, 3.63) is 52.6 Å². The number of fused-ring (bicyclic) bond motifs is 4. The van der Waals surface area contributed by atoms with Gasteiger partial charge in [-0.15, -0.1) is 0 Å². The molecule has 2 heterocycles. The zero-order valence-corrected chi connectivity index (χ0v) is 12.2. The third kappa shape index (κ3) is 1.39. The number of nitrogens with zero attached hydrogens (tertiary/aromatic N) is 1. The van der Waals surface area contributed by atoms with Crippen molar-refractivity contribution < 1.29 is 0 Å². The molecule has 4 unspecified atom stereocenters. The minimum absolute atomic E-state index is 0.598. The number of halogens is 1. The van der Waals surface area contributed by atoms with Crippen molar-refractivity contribution in [3.63, 3.8) is 0 Å². The Balaban J connectivity index is 1.76. The molecular weight excluding hydrogens is 266 g/mol. The number of rotatable bonds is 0. The summed E-state index contributed by atoms with van der Waals surface area (Å²) in [5, 5.41) is 0.917. The number of anilines is 1. The lowest BCUT2D eigenvalue weighted by Crippen LogP contribution is -2.43. The number of hydrogen-bond acceptors (Lipinski definition) is 1. The fourth-order valence-electron chi connectivity index (χ4n) is 4.84. The minimum Gasteiger partial charge on any atom is -0.370 e. The maximum absolute atomic E-state index is 6.45. The molecule has 0 fully saturated rings. The molecule has 5 rings (SSSR count). The minimum atomic E-state index is 0.598. The van der Waals surface area contributed by atoms with Gasteiger partial charge in [0.25, 0.3) is 0 Å². The van der Waals surface area contributed by atoms with E-state index in [-0.39, 0.29) is 0 Å². The van der Waals surface area contributed by atoms with Crippen LogP contribution in [-0.4, -0.2) is 13.1 Å². The SMILES string of the molecule is Clc1cc2c3c(c1)C1C=CCC1CN3CC1CC=CC21. The van der Waals surface area contributed by atoms with E-state index in [1.54, 1.807) is 0 Å². The summed E-state index contributed by atoms with van der Waals surface area (Å²) >= 11 is 6.45. The van der Waals surface area contributed by atoms with E-state index in [1.165, 1.54) is 42.7 Å². The molecule has 0 saturated carbocycles. The summed E-state index contributed by atoms with van der Waals surface area (Å²) in [7, 11) is 0. The van der Waals surface area contributed by atoms with E-state index in [2.05, 4.69) is 41.3 Å². The van der Waals surface area contributed by atoms with Crippen molar-refractivity contribution in [3.8, 4) is 0 Å². The molecule has 1 aromatic rings. The molecule has 102 valence electrons. The molecule has 0 N–H and O–H groups in total. The van der Waals surface area contributed by atoms with Crippen LogP contribution < -0.4 is 4.90 Å². The molecule has 1 nitrogen and oxygen atoms in total. The Labute approximate surface area is 124 Å². The fourth-order valence-corrected chi connectivity index (χ4v) is 5.07. The highest BCUT2D eigenvalue weighted by Gasteiger charge is 2.42. The first-order chi connectivity index (χ1) is 9.81. The van der Waals surface area contributed by atoms with Gasteiger partial charge in [-0.3, -0.25) is 0 Å². The molecule has 0 saturated heterocycles. The monoisotopic (exact) mass is 283 g/mol. The van der Waals surface area contributed by atoms with Gasteiger partial charge in [0.15, 0.2) is 0 Å². The average Bonchev–Trinajstić information content (AvgIpc) is 3.06. The van der Waals surface area contributed by atoms with Gasteiger partial charge in [0.1, 0.15) is 0 Å². The van der Waals surface area contributed by atoms with Gasteiger partial charge in [-0.25, -0.2) is 0 Å². The highest BCUT2D eigenvalue weighted by atomic mass is 35.5. The topological polar surface area (TPSA) is 3.24 Å². The van der Waals surface area contributed by atoms with Gasteiger partial charge >= 0.3 is 0 Å². The summed E-state index contributed by atoms with van der Waals surface area (Å²) in [5.41, 5.74) is 4.47. The lowest BCUT2D eigenvalue weighted by Gasteiger charge is -2.46. The van der Waals surface area contributed by atoms with Crippen molar-refractivity contribution in [1.82, 2.24) is 0 Å². The molecule has 2 aliphatic heterocycles. The molecule has 0 radical (unpaired) electrons. The third-order valence-electron chi connectivity index (χ3n) is 5.66.